The minimum absolute atomic E-state index is 0.0883. The molecule has 2 aliphatic rings. The molecule has 0 aromatic rings. The number of carbonyl (C=O) groups excluding carboxylic acids is 1. The summed E-state index contributed by atoms with van der Waals surface area (Å²) in [5.74, 6) is 1.06. The van der Waals surface area contributed by atoms with E-state index in [-0.39, 0.29) is 5.41 Å². The average molecular weight is 267 g/mol. The van der Waals surface area contributed by atoms with Crippen molar-refractivity contribution in [3.63, 3.8) is 0 Å². The molecule has 0 bridgehead atoms. The zero-order valence-electron chi connectivity index (χ0n) is 12.7. The van der Waals surface area contributed by atoms with Gasteiger partial charge in [-0.15, -0.1) is 0 Å². The Hall–Kier alpha value is -0.610. The molecule has 2 rings (SSSR count). The summed E-state index contributed by atoms with van der Waals surface area (Å²) in [5, 5.41) is 3.20. The number of carbonyl (C=O) groups is 1. The van der Waals surface area contributed by atoms with Gasteiger partial charge in [-0.2, -0.15) is 0 Å². The summed E-state index contributed by atoms with van der Waals surface area (Å²) in [4.78, 5) is 17.0. The summed E-state index contributed by atoms with van der Waals surface area (Å²) in [6.45, 7) is 4.13. The van der Waals surface area contributed by atoms with Crippen LogP contribution in [0.3, 0.4) is 0 Å². The fourth-order valence-corrected chi connectivity index (χ4v) is 3.53. The first-order chi connectivity index (χ1) is 9.07. The van der Waals surface area contributed by atoms with Crippen molar-refractivity contribution in [1.29, 1.82) is 0 Å². The third kappa shape index (κ3) is 3.29. The van der Waals surface area contributed by atoms with Crippen LogP contribution in [0.2, 0.25) is 0 Å². The smallest absolute Gasteiger partial charge is 0.229 e. The molecule has 0 atom stereocenters. The average Bonchev–Trinajstić information content (AvgIpc) is 2.35. The molecule has 1 N–H and O–H groups in total. The second-order valence-electron chi connectivity index (χ2n) is 6.60. The van der Waals surface area contributed by atoms with E-state index >= 15 is 0 Å². The van der Waals surface area contributed by atoms with Crippen LogP contribution in [0.15, 0.2) is 0 Å². The maximum Gasteiger partial charge on any atom is 0.229 e. The molecule has 1 aliphatic carbocycles. The fraction of sp³-hybridized carbons (Fsp3) is 0.933. The van der Waals surface area contributed by atoms with Crippen molar-refractivity contribution in [3.05, 3.63) is 0 Å². The Morgan fingerprint density at radius 2 is 2.00 bits per heavy atom. The lowest BCUT2D eigenvalue weighted by Crippen LogP contribution is -2.52. The topological polar surface area (TPSA) is 35.6 Å². The molecule has 1 saturated heterocycles. The van der Waals surface area contributed by atoms with Crippen LogP contribution in [0.1, 0.15) is 32.1 Å². The maximum atomic E-state index is 12.7. The van der Waals surface area contributed by atoms with E-state index in [9.17, 15) is 4.79 Å². The van der Waals surface area contributed by atoms with Gasteiger partial charge in [-0.25, -0.2) is 0 Å². The number of likely N-dealkylation sites (tertiary alicyclic amines) is 1. The van der Waals surface area contributed by atoms with E-state index in [2.05, 4.69) is 17.3 Å². The van der Waals surface area contributed by atoms with Crippen molar-refractivity contribution in [2.45, 2.75) is 32.1 Å². The Morgan fingerprint density at radius 1 is 1.37 bits per heavy atom. The zero-order valence-corrected chi connectivity index (χ0v) is 12.7. The fourth-order valence-electron chi connectivity index (χ4n) is 3.53. The van der Waals surface area contributed by atoms with E-state index in [0.29, 0.717) is 11.8 Å². The normalized spacial score (nSPS) is 23.9. The molecule has 1 heterocycles. The van der Waals surface area contributed by atoms with Gasteiger partial charge in [-0.05, 0) is 58.8 Å². The summed E-state index contributed by atoms with van der Waals surface area (Å²) >= 11 is 0. The number of hydrogen-bond donors (Lipinski definition) is 1. The zero-order chi connectivity index (χ0) is 13.9. The lowest BCUT2D eigenvalue weighted by molar-refractivity contribution is -0.146. The highest BCUT2D eigenvalue weighted by Crippen LogP contribution is 2.42. The standard InChI is InChI=1S/C15H29N3O/c1-16-12-15(7-4-8-15)14(19)18(3)11-13-5-9-17(2)10-6-13/h13,16H,4-12H2,1-3H3. The van der Waals surface area contributed by atoms with Crippen LogP contribution in [-0.4, -0.2) is 63.0 Å². The highest BCUT2D eigenvalue weighted by Gasteiger charge is 2.45. The Kier molecular flexibility index (Phi) is 4.85. The van der Waals surface area contributed by atoms with Crippen LogP contribution in [0.4, 0.5) is 0 Å². The van der Waals surface area contributed by atoms with Crippen molar-refractivity contribution < 1.29 is 4.79 Å². The van der Waals surface area contributed by atoms with Gasteiger partial charge in [0.05, 0.1) is 5.41 Å². The highest BCUT2D eigenvalue weighted by atomic mass is 16.2. The number of rotatable bonds is 5. The Balaban J connectivity index is 1.85. The van der Waals surface area contributed by atoms with Crippen LogP contribution in [0, 0.1) is 11.3 Å². The molecule has 0 unspecified atom stereocenters. The SMILES string of the molecule is CNCC1(C(=O)N(C)CC2CCN(C)CC2)CCC1. The van der Waals surface area contributed by atoms with Crippen molar-refractivity contribution in [3.8, 4) is 0 Å². The third-order valence-corrected chi connectivity index (χ3v) is 5.00. The summed E-state index contributed by atoms with van der Waals surface area (Å²) in [6.07, 6.45) is 5.78. The van der Waals surface area contributed by atoms with Crippen LogP contribution < -0.4 is 5.32 Å². The van der Waals surface area contributed by atoms with Gasteiger partial charge in [0.2, 0.25) is 5.91 Å². The quantitative estimate of drug-likeness (QED) is 0.812. The second-order valence-corrected chi connectivity index (χ2v) is 6.60. The van der Waals surface area contributed by atoms with Gasteiger partial charge in [0.1, 0.15) is 0 Å². The Labute approximate surface area is 117 Å². The molecular weight excluding hydrogens is 238 g/mol. The second kappa shape index (κ2) is 6.23. The van der Waals surface area contributed by atoms with Crippen molar-refractivity contribution in [1.82, 2.24) is 15.1 Å². The number of piperidine rings is 1. The van der Waals surface area contributed by atoms with Crippen LogP contribution in [0.25, 0.3) is 0 Å². The molecular formula is C15H29N3O. The predicted molar refractivity (Wildman–Crippen MR) is 78.1 cm³/mol. The molecule has 1 saturated carbocycles. The minimum Gasteiger partial charge on any atom is -0.345 e. The van der Waals surface area contributed by atoms with Gasteiger partial charge in [0.15, 0.2) is 0 Å². The van der Waals surface area contributed by atoms with E-state index in [1.807, 2.05) is 19.0 Å². The number of nitrogens with zero attached hydrogens (tertiary/aromatic N) is 2. The molecule has 4 nitrogen and oxygen atoms in total. The molecule has 0 aromatic carbocycles. The molecule has 2 fully saturated rings. The number of hydrogen-bond acceptors (Lipinski definition) is 3. The molecule has 1 amide bonds. The summed E-state index contributed by atoms with van der Waals surface area (Å²) in [6, 6.07) is 0. The first-order valence-corrected chi connectivity index (χ1v) is 7.66. The Bertz CT molecular complexity index is 307. The minimum atomic E-state index is -0.0883. The summed E-state index contributed by atoms with van der Waals surface area (Å²) in [7, 11) is 6.13. The van der Waals surface area contributed by atoms with Gasteiger partial charge in [0, 0.05) is 20.1 Å². The number of nitrogens with one attached hydrogen (secondary N) is 1. The number of amides is 1. The van der Waals surface area contributed by atoms with Gasteiger partial charge in [0.25, 0.3) is 0 Å². The van der Waals surface area contributed by atoms with E-state index in [1.54, 1.807) is 0 Å². The molecule has 0 aromatic heterocycles. The van der Waals surface area contributed by atoms with Crippen LogP contribution >= 0.6 is 0 Å². The largest absolute Gasteiger partial charge is 0.345 e. The highest BCUT2D eigenvalue weighted by molar-refractivity contribution is 5.83. The van der Waals surface area contributed by atoms with Gasteiger partial charge < -0.3 is 15.1 Å². The molecule has 110 valence electrons. The molecule has 0 radical (unpaired) electrons. The van der Waals surface area contributed by atoms with Gasteiger partial charge in [-0.1, -0.05) is 6.42 Å². The first kappa shape index (κ1) is 14.8. The molecule has 19 heavy (non-hydrogen) atoms. The van der Waals surface area contributed by atoms with Gasteiger partial charge in [-0.3, -0.25) is 4.79 Å². The lowest BCUT2D eigenvalue weighted by atomic mass is 9.67. The molecule has 1 aliphatic heterocycles. The van der Waals surface area contributed by atoms with Crippen molar-refractivity contribution >= 4 is 5.91 Å². The van der Waals surface area contributed by atoms with E-state index < -0.39 is 0 Å². The lowest BCUT2D eigenvalue weighted by Gasteiger charge is -2.43. The Morgan fingerprint density at radius 3 is 2.47 bits per heavy atom. The van der Waals surface area contributed by atoms with Crippen LogP contribution in [0.5, 0.6) is 0 Å². The van der Waals surface area contributed by atoms with Crippen molar-refractivity contribution in [2.24, 2.45) is 11.3 Å². The van der Waals surface area contributed by atoms with Gasteiger partial charge >= 0.3 is 0 Å². The van der Waals surface area contributed by atoms with Crippen LogP contribution in [-0.2, 0) is 4.79 Å². The third-order valence-electron chi connectivity index (χ3n) is 5.00. The van der Waals surface area contributed by atoms with E-state index in [0.717, 1.165) is 25.9 Å². The first-order valence-electron chi connectivity index (χ1n) is 7.66. The summed E-state index contributed by atoms with van der Waals surface area (Å²) in [5.41, 5.74) is -0.0883. The van der Waals surface area contributed by atoms with Crippen molar-refractivity contribution in [2.75, 3.05) is 47.3 Å². The maximum absolute atomic E-state index is 12.7. The predicted octanol–water partition coefficient (Wildman–Crippen LogP) is 1.18. The molecule has 0 spiro atoms. The summed E-state index contributed by atoms with van der Waals surface area (Å²) < 4.78 is 0. The van der Waals surface area contributed by atoms with E-state index in [1.165, 1.54) is 32.4 Å². The monoisotopic (exact) mass is 267 g/mol. The van der Waals surface area contributed by atoms with E-state index in [4.69, 9.17) is 0 Å². The molecule has 4 heteroatoms.